The van der Waals surface area contributed by atoms with Gasteiger partial charge in [0.2, 0.25) is 21.7 Å². The summed E-state index contributed by atoms with van der Waals surface area (Å²) in [7, 11) is -0.343. The van der Waals surface area contributed by atoms with Crippen molar-refractivity contribution >= 4 is 33.7 Å². The van der Waals surface area contributed by atoms with Crippen LogP contribution in [-0.2, 0) is 29.1 Å². The average molecular weight is 658 g/mol. The number of carbonyl (C=O) groups is 4. The molecule has 2 aliphatic heterocycles. The Labute approximate surface area is 268 Å². The fraction of sp³-hybridized carbons (Fsp3) is 0.800. The summed E-state index contributed by atoms with van der Waals surface area (Å²) < 4.78 is 31.8. The number of fused-ring (bicyclic) bond motifs is 1. The Morgan fingerprint density at radius 3 is 2.51 bits per heavy atom. The Morgan fingerprint density at radius 1 is 1.16 bits per heavy atom. The summed E-state index contributed by atoms with van der Waals surface area (Å²) in [4.78, 5) is 54.3. The number of hydrogen-bond donors (Lipinski definition) is 5. The number of likely N-dealkylation sites (N-methyl/N-ethyl adjacent to an activating group) is 2. The van der Waals surface area contributed by atoms with Crippen LogP contribution in [0.5, 0.6) is 0 Å². The molecule has 15 heteroatoms. The highest BCUT2D eigenvalue weighted by molar-refractivity contribution is 7.89. The van der Waals surface area contributed by atoms with Crippen LogP contribution < -0.4 is 26.6 Å². The van der Waals surface area contributed by atoms with Crippen LogP contribution in [-0.4, -0.2) is 124 Å². The van der Waals surface area contributed by atoms with E-state index in [1.54, 1.807) is 14.0 Å². The Hall–Kier alpha value is -2.59. The topological polar surface area (TPSA) is 178 Å². The van der Waals surface area contributed by atoms with E-state index >= 15 is 0 Å². The molecule has 0 radical (unpaired) electrons. The standard InChI is InChI=1S/C30H55N7O7S/c1-7-15-32-29(40)27(38)23-14-12-10-9-11-13-16-44-22(4)24(19-37-18-21(3)17-25(37)28(39)33-23)34-30(41)35-26(31-5)20-36(6)45(42,43)8-2/h7,21-26,31H,1,8-20H2,2-6H3,(H,32,40)(H,33,39)(H2,34,35,41)/t21-,22+,23+,24-,25+,26-/m1/s1. The zero-order chi connectivity index (χ0) is 33.6. The number of amides is 4. The van der Waals surface area contributed by atoms with Crippen molar-refractivity contribution in [1.82, 2.24) is 35.8 Å². The fourth-order valence-electron chi connectivity index (χ4n) is 5.65. The largest absolute Gasteiger partial charge is 0.376 e. The number of nitrogens with zero attached hydrogens (tertiary/aromatic N) is 2. The second kappa shape index (κ2) is 19.2. The molecule has 6 atom stereocenters. The highest BCUT2D eigenvalue weighted by Crippen LogP contribution is 2.24. The van der Waals surface area contributed by atoms with Crippen molar-refractivity contribution in [2.75, 3.05) is 52.6 Å². The Kier molecular flexibility index (Phi) is 16.4. The molecule has 0 unspecified atom stereocenters. The molecule has 2 heterocycles. The number of hydrogen-bond acceptors (Lipinski definition) is 9. The fourth-order valence-corrected chi connectivity index (χ4v) is 6.47. The molecule has 258 valence electrons. The van der Waals surface area contributed by atoms with Gasteiger partial charge in [-0.2, -0.15) is 0 Å². The van der Waals surface area contributed by atoms with Gasteiger partial charge in [-0.3, -0.25) is 24.6 Å². The first-order valence-electron chi connectivity index (χ1n) is 16.1. The quantitative estimate of drug-likeness (QED) is 0.119. The number of nitrogens with one attached hydrogen (secondary N) is 5. The van der Waals surface area contributed by atoms with Gasteiger partial charge in [0.1, 0.15) is 0 Å². The van der Waals surface area contributed by atoms with Crippen LogP contribution in [0.15, 0.2) is 12.7 Å². The van der Waals surface area contributed by atoms with E-state index in [1.165, 1.54) is 17.4 Å². The van der Waals surface area contributed by atoms with Crippen molar-refractivity contribution in [1.29, 1.82) is 0 Å². The van der Waals surface area contributed by atoms with Crippen LogP contribution in [0.3, 0.4) is 0 Å². The van der Waals surface area contributed by atoms with E-state index in [0.717, 1.165) is 25.7 Å². The molecule has 0 spiro atoms. The Balaban J connectivity index is 2.23. The molecular formula is C30H55N7O7S. The van der Waals surface area contributed by atoms with Crippen LogP contribution in [0.1, 0.15) is 65.7 Å². The SMILES string of the molecule is C=CCNC(=O)C(=O)[C@@H]1CCCCCCCO[C@@H](C)[C@H](NC(=O)N[C@H](CN(C)S(=O)(=O)CC)NC)CN2C[C@H](C)C[C@H]2C(=O)N1. The summed E-state index contributed by atoms with van der Waals surface area (Å²) in [6.07, 6.45) is 5.59. The van der Waals surface area contributed by atoms with Crippen molar-refractivity contribution in [2.24, 2.45) is 5.92 Å². The number of Topliss-reactive ketones (excluding diaryl/α,β-unsaturated/α-hetero) is 1. The molecule has 0 aliphatic carbocycles. The molecule has 14 nitrogen and oxygen atoms in total. The van der Waals surface area contributed by atoms with Gasteiger partial charge in [0.15, 0.2) is 0 Å². The lowest BCUT2D eigenvalue weighted by Crippen LogP contribution is -2.59. The van der Waals surface area contributed by atoms with Crippen molar-refractivity contribution in [3.05, 3.63) is 12.7 Å². The lowest BCUT2D eigenvalue weighted by molar-refractivity contribution is -0.140. The van der Waals surface area contributed by atoms with Crippen LogP contribution in [0.2, 0.25) is 0 Å². The molecule has 5 N–H and O–H groups in total. The van der Waals surface area contributed by atoms with Gasteiger partial charge in [0.05, 0.1) is 36.1 Å². The van der Waals surface area contributed by atoms with E-state index in [1.807, 2.05) is 18.7 Å². The molecule has 0 aromatic carbocycles. The summed E-state index contributed by atoms with van der Waals surface area (Å²) in [6.45, 7) is 10.7. The zero-order valence-electron chi connectivity index (χ0n) is 27.6. The summed E-state index contributed by atoms with van der Waals surface area (Å²) in [5.74, 6) is -1.61. The number of rotatable bonds is 11. The second-order valence-corrected chi connectivity index (χ2v) is 14.5. The third kappa shape index (κ3) is 12.6. The molecule has 0 aromatic rings. The van der Waals surface area contributed by atoms with Gasteiger partial charge in [-0.1, -0.05) is 38.7 Å². The van der Waals surface area contributed by atoms with E-state index in [2.05, 4.69) is 33.2 Å². The summed E-state index contributed by atoms with van der Waals surface area (Å²) >= 11 is 0. The predicted molar refractivity (Wildman–Crippen MR) is 173 cm³/mol. The van der Waals surface area contributed by atoms with Gasteiger partial charge in [-0.15, -0.1) is 6.58 Å². The van der Waals surface area contributed by atoms with E-state index in [4.69, 9.17) is 4.74 Å². The number of ketones is 1. The minimum atomic E-state index is -3.44. The molecule has 2 aliphatic rings. The molecular weight excluding hydrogens is 602 g/mol. The summed E-state index contributed by atoms with van der Waals surface area (Å²) in [5, 5.41) is 14.1. The molecule has 45 heavy (non-hydrogen) atoms. The van der Waals surface area contributed by atoms with Crippen LogP contribution >= 0.6 is 0 Å². The van der Waals surface area contributed by atoms with Gasteiger partial charge >= 0.3 is 6.03 Å². The predicted octanol–water partition coefficient (Wildman–Crippen LogP) is 0.307. The van der Waals surface area contributed by atoms with Gasteiger partial charge in [0.25, 0.3) is 5.91 Å². The van der Waals surface area contributed by atoms with Crippen molar-refractivity contribution in [2.45, 2.75) is 96.1 Å². The van der Waals surface area contributed by atoms with E-state index in [9.17, 15) is 27.6 Å². The summed E-state index contributed by atoms with van der Waals surface area (Å²) in [6, 6.07) is -2.49. The van der Waals surface area contributed by atoms with E-state index in [-0.39, 0.29) is 36.8 Å². The van der Waals surface area contributed by atoms with Gasteiger partial charge in [-0.05, 0) is 46.1 Å². The van der Waals surface area contributed by atoms with Gasteiger partial charge in [-0.25, -0.2) is 17.5 Å². The average Bonchev–Trinajstić information content (AvgIpc) is 3.38. The highest BCUT2D eigenvalue weighted by atomic mass is 32.2. The summed E-state index contributed by atoms with van der Waals surface area (Å²) in [5.41, 5.74) is 0. The minimum absolute atomic E-state index is 0.0359. The number of ether oxygens (including phenoxy) is 1. The first kappa shape index (κ1) is 38.6. The van der Waals surface area contributed by atoms with Crippen LogP contribution in [0.4, 0.5) is 4.79 Å². The lowest BCUT2D eigenvalue weighted by atomic mass is 10.0. The molecule has 2 saturated heterocycles. The maximum absolute atomic E-state index is 13.6. The first-order valence-corrected chi connectivity index (χ1v) is 17.7. The van der Waals surface area contributed by atoms with Crippen LogP contribution in [0.25, 0.3) is 0 Å². The van der Waals surface area contributed by atoms with Crippen molar-refractivity contribution < 1.29 is 32.3 Å². The van der Waals surface area contributed by atoms with Crippen molar-refractivity contribution in [3.63, 3.8) is 0 Å². The maximum atomic E-state index is 13.6. The van der Waals surface area contributed by atoms with Gasteiger partial charge < -0.3 is 26.0 Å². The Morgan fingerprint density at radius 2 is 1.84 bits per heavy atom. The third-order valence-corrected chi connectivity index (χ3v) is 10.3. The number of sulfonamides is 1. The maximum Gasteiger partial charge on any atom is 0.316 e. The Bertz CT molecular complexity index is 1110. The molecule has 4 amide bonds. The number of carbonyl (C=O) groups excluding carboxylic acids is 4. The lowest BCUT2D eigenvalue weighted by Gasteiger charge is -2.33. The molecule has 2 fully saturated rings. The second-order valence-electron chi connectivity index (χ2n) is 12.1. The zero-order valence-corrected chi connectivity index (χ0v) is 28.4. The first-order chi connectivity index (χ1) is 21.3. The van der Waals surface area contributed by atoms with E-state index < -0.39 is 52.0 Å². The smallest absolute Gasteiger partial charge is 0.316 e. The molecule has 0 saturated carbocycles. The highest BCUT2D eigenvalue weighted by Gasteiger charge is 2.39. The van der Waals surface area contributed by atoms with Crippen LogP contribution in [0, 0.1) is 5.92 Å². The molecule has 0 aromatic heterocycles. The third-order valence-electron chi connectivity index (χ3n) is 8.44. The van der Waals surface area contributed by atoms with E-state index in [0.29, 0.717) is 39.0 Å². The number of urea groups is 1. The van der Waals surface area contributed by atoms with Crippen molar-refractivity contribution in [3.8, 4) is 0 Å². The normalized spacial score (nSPS) is 26.7. The minimum Gasteiger partial charge on any atom is -0.376 e. The molecule has 0 bridgehead atoms. The molecule has 2 rings (SSSR count). The van der Waals surface area contributed by atoms with Gasteiger partial charge in [0, 0.05) is 39.8 Å². The monoisotopic (exact) mass is 657 g/mol.